The maximum atomic E-state index is 12.3. The summed E-state index contributed by atoms with van der Waals surface area (Å²) in [6.45, 7) is 0.399. The Hall–Kier alpha value is -2.47. The lowest BCUT2D eigenvalue weighted by Crippen LogP contribution is -2.23. The van der Waals surface area contributed by atoms with Crippen LogP contribution in [0.3, 0.4) is 0 Å². The number of carbonyl (C=O) groups excluding carboxylic acids is 3. The van der Waals surface area contributed by atoms with Crippen molar-refractivity contribution in [2.24, 2.45) is 0 Å². The van der Waals surface area contributed by atoms with E-state index in [9.17, 15) is 19.5 Å². The molecule has 0 fully saturated rings. The number of anilines is 1. The molecule has 0 radical (unpaired) electrons. The number of aromatic hydroxyl groups is 1. The second-order valence-corrected chi connectivity index (χ2v) is 9.11. The zero-order valence-electron chi connectivity index (χ0n) is 18.1. The Morgan fingerprint density at radius 1 is 1.03 bits per heavy atom. The molecule has 2 amide bonds. The van der Waals surface area contributed by atoms with E-state index in [-0.39, 0.29) is 34.9 Å². The summed E-state index contributed by atoms with van der Waals surface area (Å²) in [6, 6.07) is 13.7. The summed E-state index contributed by atoms with van der Waals surface area (Å²) in [4.78, 5) is 34.6. The van der Waals surface area contributed by atoms with Crippen molar-refractivity contribution in [1.82, 2.24) is 5.32 Å². The monoisotopic (exact) mass is 582 g/mol. The van der Waals surface area contributed by atoms with Crippen molar-refractivity contribution < 1.29 is 24.2 Å². The fourth-order valence-corrected chi connectivity index (χ4v) is 3.85. The average molecular weight is 584 g/mol. The highest BCUT2D eigenvalue weighted by atomic mass is 79.9. The summed E-state index contributed by atoms with van der Waals surface area (Å²) < 4.78 is 5.86. The lowest BCUT2D eigenvalue weighted by molar-refractivity contribution is -0.118. The van der Waals surface area contributed by atoms with Crippen LogP contribution in [0.4, 0.5) is 5.00 Å². The highest BCUT2D eigenvalue weighted by Gasteiger charge is 2.16. The van der Waals surface area contributed by atoms with Gasteiger partial charge in [0, 0.05) is 16.6 Å². The van der Waals surface area contributed by atoms with Gasteiger partial charge >= 0.3 is 0 Å². The van der Waals surface area contributed by atoms with Crippen molar-refractivity contribution in [3.05, 3.63) is 75.1 Å². The smallest absolute Gasteiger partial charge is 0.234 e. The number of ether oxygens (including phenoxy) is 1. The van der Waals surface area contributed by atoms with E-state index in [0.717, 1.165) is 10.0 Å². The number of halogens is 1. The second kappa shape index (κ2) is 14.1. The third-order valence-electron chi connectivity index (χ3n) is 4.29. The van der Waals surface area contributed by atoms with Crippen LogP contribution in [0.2, 0.25) is 0 Å². The van der Waals surface area contributed by atoms with Gasteiger partial charge in [-0.3, -0.25) is 14.4 Å². The molecule has 11 heteroatoms. The number of carbonyl (C=O) groups is 3. The predicted octanol–water partition coefficient (Wildman–Crippen LogP) is 4.56. The van der Waals surface area contributed by atoms with Crippen LogP contribution in [0.1, 0.15) is 21.5 Å². The molecular weight excluding hydrogens is 560 g/mol. The molecule has 0 saturated heterocycles. The Labute approximate surface area is 220 Å². The van der Waals surface area contributed by atoms with Gasteiger partial charge in [0.1, 0.15) is 5.00 Å². The molecule has 7 nitrogen and oxygen atoms in total. The molecular formula is C23H23BrN2O5S3. The van der Waals surface area contributed by atoms with E-state index >= 15 is 0 Å². The molecule has 0 saturated carbocycles. The molecule has 1 aromatic heterocycles. The largest absolute Gasteiger partial charge is 0.504 e. The Morgan fingerprint density at radius 2 is 1.71 bits per heavy atom. The summed E-state index contributed by atoms with van der Waals surface area (Å²) in [6.07, 6.45) is 0. The summed E-state index contributed by atoms with van der Waals surface area (Å²) in [5.74, 6) is 0.262. The Bertz CT molecular complexity index is 1140. The summed E-state index contributed by atoms with van der Waals surface area (Å²) in [5, 5.41) is 17.0. The molecule has 0 unspecified atom stereocenters. The van der Waals surface area contributed by atoms with E-state index in [1.165, 1.54) is 24.5 Å². The number of nitrogens with one attached hydrogen (secondary N) is 2. The first-order valence-electron chi connectivity index (χ1n) is 9.81. The molecule has 3 rings (SSSR count). The Kier molecular flexibility index (Phi) is 11.5. The first kappa shape index (κ1) is 27.8. The molecule has 3 N–H and O–H groups in total. The summed E-state index contributed by atoms with van der Waals surface area (Å²) in [7, 11) is 1.48. The van der Waals surface area contributed by atoms with Gasteiger partial charge in [0.15, 0.2) is 17.3 Å². The highest BCUT2D eigenvalue weighted by molar-refractivity contribution is 9.10. The van der Waals surface area contributed by atoms with Crippen LogP contribution < -0.4 is 15.4 Å². The fraction of sp³-hybridized carbons (Fsp3) is 0.174. The molecule has 3 aromatic rings. The number of ketones is 1. The van der Waals surface area contributed by atoms with Gasteiger partial charge in [0.25, 0.3) is 0 Å². The number of rotatable bonds is 8. The first-order valence-corrected chi connectivity index (χ1v) is 12.7. The number of thiophene rings is 1. The number of hydrogen-bond donors (Lipinski definition) is 5. The zero-order chi connectivity index (χ0) is 25.1. The standard InChI is InChI=1S/C13H10BrNO2S2.C10H13NO3S/c14-9-3-1-8(2-4-9)12(17)10-5-6-19-13(10)15-11(16)7-18;1-14-9-4-7(2-3-8(9)12)5-11-10(13)6-15/h1-6,18H,7H2,(H,15,16);2-4,12,15H,5-6H2,1H3,(H,11,13). The third kappa shape index (κ3) is 8.39. The van der Waals surface area contributed by atoms with E-state index < -0.39 is 0 Å². The van der Waals surface area contributed by atoms with Crippen molar-refractivity contribution in [2.75, 3.05) is 23.9 Å². The molecule has 0 spiro atoms. The lowest BCUT2D eigenvalue weighted by Gasteiger charge is -2.07. The number of hydrogen-bond acceptors (Lipinski definition) is 8. The molecule has 0 aliphatic heterocycles. The number of amides is 2. The third-order valence-corrected chi connectivity index (χ3v) is 6.22. The van der Waals surface area contributed by atoms with Crippen molar-refractivity contribution >= 4 is 75.1 Å². The lowest BCUT2D eigenvalue weighted by atomic mass is 10.1. The van der Waals surface area contributed by atoms with Crippen LogP contribution in [0.15, 0.2) is 58.4 Å². The number of benzene rings is 2. The van der Waals surface area contributed by atoms with Crippen molar-refractivity contribution in [1.29, 1.82) is 0 Å². The van der Waals surface area contributed by atoms with Crippen LogP contribution in [0.5, 0.6) is 11.5 Å². The molecule has 0 atom stereocenters. The Morgan fingerprint density at radius 3 is 2.32 bits per heavy atom. The first-order chi connectivity index (χ1) is 16.3. The van der Waals surface area contributed by atoms with Gasteiger partial charge < -0.3 is 20.5 Å². The van der Waals surface area contributed by atoms with Crippen LogP contribution >= 0.6 is 52.5 Å². The van der Waals surface area contributed by atoms with Gasteiger partial charge in [-0.2, -0.15) is 25.3 Å². The minimum absolute atomic E-state index is 0.0850. The molecule has 0 aliphatic rings. The van der Waals surface area contributed by atoms with Crippen molar-refractivity contribution in [3.63, 3.8) is 0 Å². The quantitative estimate of drug-likeness (QED) is 0.198. The maximum Gasteiger partial charge on any atom is 0.234 e. The minimum atomic E-state index is -0.226. The summed E-state index contributed by atoms with van der Waals surface area (Å²) in [5.41, 5.74) is 1.95. The fourth-order valence-electron chi connectivity index (χ4n) is 2.60. The van der Waals surface area contributed by atoms with Crippen LogP contribution in [0.25, 0.3) is 0 Å². The number of phenolic OH excluding ortho intramolecular Hbond substituents is 1. The average Bonchev–Trinajstić information content (AvgIpc) is 3.31. The topological polar surface area (TPSA) is 105 Å². The maximum absolute atomic E-state index is 12.3. The number of methoxy groups -OCH3 is 1. The van der Waals surface area contributed by atoms with Gasteiger partial charge in [-0.05, 0) is 53.4 Å². The van der Waals surface area contributed by atoms with E-state index in [0.29, 0.717) is 28.4 Å². The van der Waals surface area contributed by atoms with E-state index in [1.807, 2.05) is 12.1 Å². The van der Waals surface area contributed by atoms with E-state index in [4.69, 9.17) is 4.74 Å². The minimum Gasteiger partial charge on any atom is -0.504 e. The molecule has 1 heterocycles. The number of phenols is 1. The van der Waals surface area contributed by atoms with Crippen LogP contribution in [0, 0.1) is 0 Å². The van der Waals surface area contributed by atoms with Gasteiger partial charge in [0.05, 0.1) is 24.2 Å². The van der Waals surface area contributed by atoms with Gasteiger partial charge in [-0.15, -0.1) is 11.3 Å². The molecule has 2 aromatic carbocycles. The molecule has 180 valence electrons. The van der Waals surface area contributed by atoms with Crippen molar-refractivity contribution in [3.8, 4) is 11.5 Å². The molecule has 0 bridgehead atoms. The van der Waals surface area contributed by atoms with Crippen LogP contribution in [-0.4, -0.2) is 41.3 Å². The van der Waals surface area contributed by atoms with E-state index in [2.05, 4.69) is 51.8 Å². The number of thiol groups is 2. The normalized spacial score (nSPS) is 10.0. The van der Waals surface area contributed by atoms with Crippen LogP contribution in [-0.2, 0) is 16.1 Å². The van der Waals surface area contributed by atoms with Gasteiger partial charge in [-0.25, -0.2) is 0 Å². The van der Waals surface area contributed by atoms with Crippen molar-refractivity contribution in [2.45, 2.75) is 6.54 Å². The van der Waals surface area contributed by atoms with Gasteiger partial charge in [0.2, 0.25) is 11.8 Å². The Balaban J connectivity index is 0.000000248. The zero-order valence-corrected chi connectivity index (χ0v) is 22.3. The predicted molar refractivity (Wildman–Crippen MR) is 145 cm³/mol. The highest BCUT2D eigenvalue weighted by Crippen LogP contribution is 2.27. The molecule has 0 aliphatic carbocycles. The second-order valence-electron chi connectivity index (χ2n) is 6.65. The van der Waals surface area contributed by atoms with E-state index in [1.54, 1.807) is 35.7 Å². The van der Waals surface area contributed by atoms with Gasteiger partial charge in [-0.1, -0.05) is 22.0 Å². The SMILES string of the molecule is COc1cc(CNC(=O)CS)ccc1O.O=C(CS)Nc1sccc1C(=O)c1ccc(Br)cc1. The molecule has 34 heavy (non-hydrogen) atoms. The summed E-state index contributed by atoms with van der Waals surface area (Å²) >= 11 is 12.4.